The van der Waals surface area contributed by atoms with Crippen molar-refractivity contribution in [2.75, 3.05) is 32.7 Å². The van der Waals surface area contributed by atoms with Crippen molar-refractivity contribution in [2.45, 2.75) is 50.2 Å². The van der Waals surface area contributed by atoms with Crippen LogP contribution in [0.4, 0.5) is 26.3 Å². The molecule has 1 fully saturated rings. The number of nitrogens with zero attached hydrogens (tertiary/aromatic N) is 3. The second-order valence-electron chi connectivity index (χ2n) is 11.7. The summed E-state index contributed by atoms with van der Waals surface area (Å²) in [6.07, 6.45) is -8.43. The third-order valence-electron chi connectivity index (χ3n) is 8.52. The van der Waals surface area contributed by atoms with Gasteiger partial charge in [-0.1, -0.05) is 91.7 Å². The fourth-order valence-electron chi connectivity index (χ4n) is 6.09. The Labute approximate surface area is 265 Å². The van der Waals surface area contributed by atoms with Gasteiger partial charge in [-0.25, -0.2) is 4.98 Å². The van der Waals surface area contributed by atoms with Gasteiger partial charge in [-0.3, -0.25) is 4.90 Å². The zero-order valence-corrected chi connectivity index (χ0v) is 25.3. The van der Waals surface area contributed by atoms with Gasteiger partial charge in [0.2, 0.25) is 0 Å². The minimum absolute atomic E-state index is 0.115. The second-order valence-corrected chi connectivity index (χ2v) is 11.7. The molecule has 4 aromatic rings. The van der Waals surface area contributed by atoms with Crippen molar-refractivity contribution in [1.29, 1.82) is 0 Å². The summed E-state index contributed by atoms with van der Waals surface area (Å²) in [5, 5.41) is 10.7. The molecule has 0 amide bonds. The van der Waals surface area contributed by atoms with Crippen molar-refractivity contribution in [1.82, 2.24) is 14.8 Å². The van der Waals surface area contributed by atoms with Crippen molar-refractivity contribution in [3.63, 3.8) is 0 Å². The highest BCUT2D eigenvalue weighted by Gasteiger charge is 2.37. The average molecular weight is 642 g/mol. The van der Waals surface area contributed by atoms with Gasteiger partial charge in [-0.05, 0) is 48.7 Å². The number of aliphatic hydroxyl groups excluding tert-OH is 1. The first kappa shape index (κ1) is 33.6. The molecule has 0 radical (unpaired) electrons. The second kappa shape index (κ2) is 14.8. The highest BCUT2D eigenvalue weighted by atomic mass is 19.4. The standard InChI is InChI=1S/C36H37F6N3O/c37-35(38,39)29-17-15-26(16-18-29)31-20-19-30(34(43-31)36(40,41)42)32(46)14-8-3-9-21-44-22-24-45(25-23-44)33(27-10-4-1-5-11-27)28-12-6-2-7-13-28/h1-2,4-7,10-13,15-20,32-33,46H,3,8-9,14,21-25H2/t32-/m1/s1. The lowest BCUT2D eigenvalue weighted by Crippen LogP contribution is -2.48. The van der Waals surface area contributed by atoms with E-state index in [1.165, 1.54) is 23.3 Å². The third kappa shape index (κ3) is 8.54. The summed E-state index contributed by atoms with van der Waals surface area (Å²) in [5.74, 6) is 0. The molecule has 1 aliphatic heterocycles. The number of aliphatic hydroxyl groups is 1. The summed E-state index contributed by atoms with van der Waals surface area (Å²) < 4.78 is 80.4. The van der Waals surface area contributed by atoms with Crippen LogP contribution < -0.4 is 0 Å². The van der Waals surface area contributed by atoms with E-state index in [9.17, 15) is 31.4 Å². The molecule has 2 heterocycles. The van der Waals surface area contributed by atoms with E-state index in [4.69, 9.17) is 0 Å². The van der Waals surface area contributed by atoms with Crippen molar-refractivity contribution in [2.24, 2.45) is 0 Å². The number of aromatic nitrogens is 1. The average Bonchev–Trinajstić information content (AvgIpc) is 3.05. The molecule has 3 aromatic carbocycles. The molecule has 0 aliphatic carbocycles. The molecule has 244 valence electrons. The number of hydrogen-bond donors (Lipinski definition) is 1. The van der Waals surface area contributed by atoms with Crippen LogP contribution in [0.5, 0.6) is 0 Å². The molecular formula is C36H37F6N3O. The minimum Gasteiger partial charge on any atom is -0.388 e. The molecule has 0 bridgehead atoms. The van der Waals surface area contributed by atoms with E-state index in [1.54, 1.807) is 0 Å². The number of pyridine rings is 1. The number of unbranched alkanes of at least 4 members (excludes halogenated alkanes) is 2. The van der Waals surface area contributed by atoms with Gasteiger partial charge >= 0.3 is 12.4 Å². The van der Waals surface area contributed by atoms with E-state index in [-0.39, 0.29) is 29.3 Å². The van der Waals surface area contributed by atoms with Crippen LogP contribution in [0.3, 0.4) is 0 Å². The molecule has 1 N–H and O–H groups in total. The smallest absolute Gasteiger partial charge is 0.388 e. The van der Waals surface area contributed by atoms with Gasteiger partial charge in [0.1, 0.15) is 0 Å². The Bertz CT molecular complexity index is 1480. The summed E-state index contributed by atoms with van der Waals surface area (Å²) in [5.41, 5.74) is 0.0798. The third-order valence-corrected chi connectivity index (χ3v) is 8.52. The predicted octanol–water partition coefficient (Wildman–Crippen LogP) is 8.79. The largest absolute Gasteiger partial charge is 0.433 e. The number of halogens is 6. The predicted molar refractivity (Wildman–Crippen MR) is 166 cm³/mol. The molecule has 1 aliphatic rings. The van der Waals surface area contributed by atoms with Crippen LogP contribution in [0.25, 0.3) is 11.3 Å². The van der Waals surface area contributed by atoms with Crippen molar-refractivity contribution < 1.29 is 31.4 Å². The number of hydrogen-bond acceptors (Lipinski definition) is 4. The molecule has 10 heteroatoms. The monoisotopic (exact) mass is 641 g/mol. The Morgan fingerprint density at radius 2 is 1.24 bits per heavy atom. The van der Waals surface area contributed by atoms with Crippen LogP contribution in [0.2, 0.25) is 0 Å². The normalized spacial score (nSPS) is 15.7. The maximum Gasteiger partial charge on any atom is 0.433 e. The van der Waals surface area contributed by atoms with Gasteiger partial charge in [0.15, 0.2) is 5.69 Å². The topological polar surface area (TPSA) is 39.6 Å². The molecule has 46 heavy (non-hydrogen) atoms. The molecule has 0 spiro atoms. The van der Waals surface area contributed by atoms with Crippen LogP contribution in [0.1, 0.15) is 65.8 Å². The van der Waals surface area contributed by atoms with Crippen LogP contribution in [0, 0.1) is 0 Å². The Kier molecular flexibility index (Phi) is 10.8. The lowest BCUT2D eigenvalue weighted by Gasteiger charge is -2.40. The van der Waals surface area contributed by atoms with E-state index < -0.39 is 29.7 Å². The number of rotatable bonds is 11. The maximum absolute atomic E-state index is 13.9. The van der Waals surface area contributed by atoms with E-state index in [1.807, 2.05) is 12.1 Å². The summed E-state index contributed by atoms with van der Waals surface area (Å²) in [7, 11) is 0. The minimum atomic E-state index is -4.83. The first-order valence-electron chi connectivity index (χ1n) is 15.5. The van der Waals surface area contributed by atoms with Crippen molar-refractivity contribution >= 4 is 0 Å². The summed E-state index contributed by atoms with van der Waals surface area (Å²) in [6, 6.07) is 27.4. The maximum atomic E-state index is 13.9. The lowest BCUT2D eigenvalue weighted by atomic mass is 9.96. The van der Waals surface area contributed by atoms with Crippen molar-refractivity contribution in [3.8, 4) is 11.3 Å². The molecule has 0 unspecified atom stereocenters. The first-order valence-corrected chi connectivity index (χ1v) is 15.5. The highest BCUT2D eigenvalue weighted by Crippen LogP contribution is 2.37. The molecule has 0 saturated carbocycles. The van der Waals surface area contributed by atoms with E-state index >= 15 is 0 Å². The Morgan fingerprint density at radius 1 is 0.652 bits per heavy atom. The van der Waals surface area contributed by atoms with Gasteiger partial charge in [-0.2, -0.15) is 26.3 Å². The van der Waals surface area contributed by atoms with Gasteiger partial charge in [0, 0.05) is 37.3 Å². The highest BCUT2D eigenvalue weighted by molar-refractivity contribution is 5.60. The van der Waals surface area contributed by atoms with Crippen LogP contribution in [-0.2, 0) is 12.4 Å². The molecule has 1 aromatic heterocycles. The lowest BCUT2D eigenvalue weighted by molar-refractivity contribution is -0.142. The van der Waals surface area contributed by atoms with E-state index in [0.717, 1.165) is 69.8 Å². The fraction of sp³-hybridized carbons (Fsp3) is 0.361. The Hall–Kier alpha value is -3.73. The van der Waals surface area contributed by atoms with Gasteiger partial charge in [0.25, 0.3) is 0 Å². The SMILES string of the molecule is O[C@H](CCCCCN1CCN(C(c2ccccc2)c2ccccc2)CC1)c1ccc(-c2ccc(C(F)(F)F)cc2)nc1C(F)(F)F. The van der Waals surface area contributed by atoms with Crippen molar-refractivity contribution in [3.05, 3.63) is 125 Å². The van der Waals surface area contributed by atoms with Crippen LogP contribution >= 0.6 is 0 Å². The summed E-state index contributed by atoms with van der Waals surface area (Å²) in [4.78, 5) is 8.63. The number of piperazine rings is 1. The fourth-order valence-corrected chi connectivity index (χ4v) is 6.09. The van der Waals surface area contributed by atoms with Crippen LogP contribution in [-0.4, -0.2) is 52.6 Å². The zero-order valence-electron chi connectivity index (χ0n) is 25.3. The zero-order chi connectivity index (χ0) is 32.7. The van der Waals surface area contributed by atoms with E-state index in [0.29, 0.717) is 6.42 Å². The number of alkyl halides is 6. The first-order chi connectivity index (χ1) is 22.0. The molecule has 5 rings (SSSR count). The number of benzene rings is 3. The molecular weight excluding hydrogens is 604 g/mol. The molecule has 1 atom stereocenters. The Balaban J connectivity index is 1.11. The summed E-state index contributed by atoms with van der Waals surface area (Å²) in [6.45, 7) is 4.56. The van der Waals surface area contributed by atoms with Gasteiger partial charge in [0.05, 0.1) is 23.4 Å². The van der Waals surface area contributed by atoms with Crippen LogP contribution in [0.15, 0.2) is 97.1 Å². The molecule has 1 saturated heterocycles. The molecule has 4 nitrogen and oxygen atoms in total. The van der Waals surface area contributed by atoms with E-state index in [2.05, 4.69) is 63.3 Å². The van der Waals surface area contributed by atoms with Gasteiger partial charge < -0.3 is 10.0 Å². The Morgan fingerprint density at radius 3 is 1.78 bits per heavy atom. The van der Waals surface area contributed by atoms with Gasteiger partial charge in [-0.15, -0.1) is 0 Å². The quantitative estimate of drug-likeness (QED) is 0.131. The summed E-state index contributed by atoms with van der Waals surface area (Å²) >= 11 is 0.